The lowest BCUT2D eigenvalue weighted by Crippen LogP contribution is -2.12. The van der Waals surface area contributed by atoms with E-state index in [1.165, 1.54) is 13.8 Å². The Balaban J connectivity index is 2.12. The number of nitro groups is 2. The third-order valence-electron chi connectivity index (χ3n) is 7.50. The molecule has 0 radical (unpaired) electrons. The van der Waals surface area contributed by atoms with Crippen LogP contribution in [-0.4, -0.2) is 35.0 Å². The number of carbonyl (C=O) groups is 2. The third kappa shape index (κ3) is 8.85. The molecule has 19 heteroatoms. The topological polar surface area (TPSA) is 148 Å². The van der Waals surface area contributed by atoms with Crippen LogP contribution in [0, 0.1) is 31.9 Å². The molecule has 11 nitrogen and oxygen atoms in total. The molecule has 0 heterocycles. The van der Waals surface area contributed by atoms with Gasteiger partial charge >= 0.3 is 24.3 Å². The van der Waals surface area contributed by atoms with Crippen LogP contribution in [0.3, 0.4) is 0 Å². The Morgan fingerprint density at radius 1 is 0.623 bits per heavy atom. The van der Waals surface area contributed by atoms with Gasteiger partial charge in [0.1, 0.15) is 23.1 Å². The largest absolute Gasteiger partial charge is 0.466 e. The van der Waals surface area contributed by atoms with Crippen molar-refractivity contribution in [1.82, 2.24) is 0 Å². The van der Waals surface area contributed by atoms with E-state index >= 15 is 8.78 Å². The summed E-state index contributed by atoms with van der Waals surface area (Å²) in [5.41, 5.74) is -8.76. The van der Waals surface area contributed by atoms with Gasteiger partial charge in [0.25, 0.3) is 11.4 Å². The van der Waals surface area contributed by atoms with Gasteiger partial charge in [-0.2, -0.15) is 26.3 Å². The molecule has 0 spiro atoms. The summed E-state index contributed by atoms with van der Waals surface area (Å²) in [4.78, 5) is 47.5. The van der Waals surface area contributed by atoms with Crippen molar-refractivity contribution < 1.29 is 68.8 Å². The minimum Gasteiger partial charge on any atom is -0.466 e. The highest BCUT2D eigenvalue weighted by molar-refractivity contribution is 5.87. The molecule has 0 saturated carbocycles. The minimum atomic E-state index is -5.04. The van der Waals surface area contributed by atoms with E-state index in [0.717, 1.165) is 24.3 Å². The second-order valence-electron chi connectivity index (χ2n) is 10.8. The van der Waals surface area contributed by atoms with Crippen molar-refractivity contribution in [2.24, 2.45) is 0 Å². The molecule has 0 bridgehead atoms. The molecule has 280 valence electrons. The van der Waals surface area contributed by atoms with Crippen molar-refractivity contribution in [3.8, 4) is 33.8 Å². The number of rotatable bonds is 12. The van der Waals surface area contributed by atoms with Crippen LogP contribution in [0.1, 0.15) is 36.1 Å². The molecule has 0 aliphatic carbocycles. The van der Waals surface area contributed by atoms with E-state index in [4.69, 9.17) is 14.2 Å². The van der Waals surface area contributed by atoms with Gasteiger partial charge in [-0.15, -0.1) is 0 Å². The summed E-state index contributed by atoms with van der Waals surface area (Å²) in [6.07, 6.45) is -12.0. The van der Waals surface area contributed by atoms with Crippen LogP contribution in [0.25, 0.3) is 22.3 Å². The Morgan fingerprint density at radius 2 is 0.981 bits per heavy atom. The molecular formula is C34H24F8N2O9. The van der Waals surface area contributed by atoms with Gasteiger partial charge in [-0.25, -0.2) is 8.78 Å². The fourth-order valence-corrected chi connectivity index (χ4v) is 5.31. The monoisotopic (exact) mass is 756 g/mol. The van der Waals surface area contributed by atoms with Crippen LogP contribution in [-0.2, 0) is 44.3 Å². The Kier molecular flexibility index (Phi) is 11.7. The molecule has 0 fully saturated rings. The molecule has 4 aromatic rings. The van der Waals surface area contributed by atoms with Crippen molar-refractivity contribution in [2.75, 3.05) is 13.2 Å². The number of hydrogen-bond acceptors (Lipinski definition) is 9. The summed E-state index contributed by atoms with van der Waals surface area (Å²) in [5, 5.41) is 24.2. The first-order chi connectivity index (χ1) is 24.8. The molecule has 0 atom stereocenters. The lowest BCUT2D eigenvalue weighted by molar-refractivity contribution is -0.385. The first-order valence-electron chi connectivity index (χ1n) is 15.1. The molecule has 4 rings (SSSR count). The van der Waals surface area contributed by atoms with E-state index in [-0.39, 0.29) is 25.3 Å². The molecule has 0 aliphatic rings. The quantitative estimate of drug-likeness (QED) is 0.0597. The second kappa shape index (κ2) is 15.6. The fraction of sp³-hybridized carbons (Fsp3) is 0.235. The number of alkyl halides is 6. The van der Waals surface area contributed by atoms with Crippen LogP contribution in [0.5, 0.6) is 11.5 Å². The van der Waals surface area contributed by atoms with Crippen molar-refractivity contribution in [3.05, 3.63) is 115 Å². The van der Waals surface area contributed by atoms with Gasteiger partial charge in [0.2, 0.25) is 0 Å². The van der Waals surface area contributed by atoms with E-state index < -0.39 is 126 Å². The number of hydrogen-bond donors (Lipinski definition) is 0. The standard InChI is InChI=1S/C34H24F8N2O9/c1-3-51-29(45)15-21-25(43(47)48)9-11-27(31(21)19-7-5-17(13-23(19)35)33(37,38)39)53-28-12-10-26(44(49)50)22(16-30(46)52-4-2)32(28)20-8-6-18(14-24(20)36)34(40,41)42/h5-14H,3-4,15-16H2,1-2H3. The predicted molar refractivity (Wildman–Crippen MR) is 168 cm³/mol. The predicted octanol–water partition coefficient (Wildman–Crippen LogP) is 9.16. The summed E-state index contributed by atoms with van der Waals surface area (Å²) in [6.45, 7) is 2.35. The van der Waals surface area contributed by atoms with Crippen molar-refractivity contribution >= 4 is 23.3 Å². The highest BCUT2D eigenvalue weighted by Crippen LogP contribution is 2.47. The highest BCUT2D eigenvalue weighted by Gasteiger charge is 2.35. The lowest BCUT2D eigenvalue weighted by atomic mass is 9.92. The molecule has 0 aromatic heterocycles. The number of ether oxygens (including phenoxy) is 3. The van der Waals surface area contributed by atoms with Crippen LogP contribution >= 0.6 is 0 Å². The van der Waals surface area contributed by atoms with E-state index in [2.05, 4.69) is 0 Å². The Bertz CT molecular complexity index is 1950. The second-order valence-corrected chi connectivity index (χ2v) is 10.8. The summed E-state index contributed by atoms with van der Waals surface area (Å²) < 4.78 is 128. The summed E-state index contributed by atoms with van der Waals surface area (Å²) in [7, 11) is 0. The van der Waals surface area contributed by atoms with Crippen LogP contribution in [0.15, 0.2) is 60.7 Å². The zero-order valence-corrected chi connectivity index (χ0v) is 27.2. The van der Waals surface area contributed by atoms with Gasteiger partial charge in [-0.3, -0.25) is 29.8 Å². The molecule has 4 aromatic carbocycles. The van der Waals surface area contributed by atoms with E-state index in [1.807, 2.05) is 0 Å². The van der Waals surface area contributed by atoms with Gasteiger partial charge in [0.15, 0.2) is 0 Å². The average molecular weight is 757 g/mol. The van der Waals surface area contributed by atoms with Gasteiger partial charge < -0.3 is 14.2 Å². The number of nitro benzene ring substituents is 2. The first-order valence-corrected chi connectivity index (χ1v) is 15.1. The van der Waals surface area contributed by atoms with Gasteiger partial charge in [-0.1, -0.05) is 12.1 Å². The third-order valence-corrected chi connectivity index (χ3v) is 7.50. The summed E-state index contributed by atoms with van der Waals surface area (Å²) >= 11 is 0. The van der Waals surface area contributed by atoms with E-state index in [9.17, 15) is 56.2 Å². The minimum absolute atomic E-state index is 0.0679. The van der Waals surface area contributed by atoms with Crippen LogP contribution in [0.4, 0.5) is 46.5 Å². The zero-order valence-electron chi connectivity index (χ0n) is 27.2. The smallest absolute Gasteiger partial charge is 0.416 e. The molecule has 0 N–H and O–H groups in total. The van der Waals surface area contributed by atoms with Gasteiger partial charge in [-0.05, 0) is 50.2 Å². The Morgan fingerprint density at radius 3 is 1.26 bits per heavy atom. The highest BCUT2D eigenvalue weighted by atomic mass is 19.4. The number of halogens is 8. The van der Waals surface area contributed by atoms with Gasteiger partial charge in [0, 0.05) is 34.4 Å². The molecule has 53 heavy (non-hydrogen) atoms. The maximum Gasteiger partial charge on any atom is 0.416 e. The average Bonchev–Trinajstić information content (AvgIpc) is 3.04. The van der Waals surface area contributed by atoms with Crippen molar-refractivity contribution in [1.29, 1.82) is 0 Å². The lowest BCUT2D eigenvalue weighted by Gasteiger charge is -2.20. The maximum atomic E-state index is 15.6. The Labute approximate surface area is 293 Å². The number of benzene rings is 4. The van der Waals surface area contributed by atoms with E-state index in [0.29, 0.717) is 24.3 Å². The fourth-order valence-electron chi connectivity index (χ4n) is 5.31. The first kappa shape index (κ1) is 39.6. The van der Waals surface area contributed by atoms with Crippen molar-refractivity contribution in [3.63, 3.8) is 0 Å². The number of esters is 2. The van der Waals surface area contributed by atoms with E-state index in [1.54, 1.807) is 0 Å². The maximum absolute atomic E-state index is 15.6. The van der Waals surface area contributed by atoms with Crippen LogP contribution < -0.4 is 4.74 Å². The molecular weight excluding hydrogens is 732 g/mol. The summed E-state index contributed by atoms with van der Waals surface area (Å²) in [6, 6.07) is 5.41. The molecule has 0 unspecified atom stereocenters. The molecule has 0 amide bonds. The normalized spacial score (nSPS) is 11.6. The Hall–Kier alpha value is -6.14. The number of carbonyl (C=O) groups excluding carboxylic acids is 2. The summed E-state index contributed by atoms with van der Waals surface area (Å²) in [5.74, 6) is -6.70. The molecule has 0 saturated heterocycles. The van der Waals surface area contributed by atoms with Gasteiger partial charge in [0.05, 0.1) is 58.2 Å². The van der Waals surface area contributed by atoms with Crippen molar-refractivity contribution in [2.45, 2.75) is 39.0 Å². The molecule has 0 aliphatic heterocycles. The zero-order chi connectivity index (χ0) is 39.4. The van der Waals surface area contributed by atoms with Crippen LogP contribution in [0.2, 0.25) is 0 Å². The number of nitrogens with zero attached hydrogens (tertiary/aromatic N) is 2. The SMILES string of the molecule is CCOC(=O)Cc1c([N+](=O)[O-])ccc(Oc2ccc([N+](=O)[O-])c(CC(=O)OCC)c2-c2ccc(C(F)(F)F)cc2F)c1-c1ccc(C(F)(F)F)cc1F.